The average Bonchev–Trinajstić information content (AvgIpc) is 2.71. The molecule has 0 saturated heterocycles. The molecule has 100 valence electrons. The van der Waals surface area contributed by atoms with Crippen LogP contribution < -0.4 is 5.32 Å². The van der Waals surface area contributed by atoms with Crippen LogP contribution in [0.25, 0.3) is 0 Å². The van der Waals surface area contributed by atoms with Gasteiger partial charge in [0.2, 0.25) is 0 Å². The summed E-state index contributed by atoms with van der Waals surface area (Å²) in [4.78, 5) is 0. The zero-order valence-electron chi connectivity index (χ0n) is 11.9. The van der Waals surface area contributed by atoms with Crippen LogP contribution in [0, 0.1) is 11.3 Å². The van der Waals surface area contributed by atoms with Crippen LogP contribution in [-0.4, -0.2) is 12.6 Å². The minimum Gasteiger partial charge on any atom is -0.314 e. The van der Waals surface area contributed by atoms with E-state index in [-0.39, 0.29) is 0 Å². The standard InChI is InChI=1S/C16H31N/c1-3-17-15-10-12-16(2,13-15)11-9-14-7-5-4-6-8-14/h14-15,17H,3-13H2,1-2H3. The van der Waals surface area contributed by atoms with E-state index in [4.69, 9.17) is 0 Å². The van der Waals surface area contributed by atoms with Gasteiger partial charge in [0.25, 0.3) is 0 Å². The molecule has 0 heterocycles. The topological polar surface area (TPSA) is 12.0 Å². The van der Waals surface area contributed by atoms with Gasteiger partial charge in [0.15, 0.2) is 0 Å². The van der Waals surface area contributed by atoms with Gasteiger partial charge in [-0.15, -0.1) is 0 Å². The average molecular weight is 237 g/mol. The highest BCUT2D eigenvalue weighted by Crippen LogP contribution is 2.43. The maximum atomic E-state index is 3.64. The molecular formula is C16H31N. The van der Waals surface area contributed by atoms with Gasteiger partial charge >= 0.3 is 0 Å². The zero-order valence-corrected chi connectivity index (χ0v) is 11.9. The van der Waals surface area contributed by atoms with Crippen molar-refractivity contribution in [2.75, 3.05) is 6.54 Å². The molecule has 0 aromatic rings. The van der Waals surface area contributed by atoms with E-state index in [1.54, 1.807) is 0 Å². The van der Waals surface area contributed by atoms with Gasteiger partial charge in [0.1, 0.15) is 0 Å². The fourth-order valence-electron chi connectivity index (χ4n) is 4.04. The minimum atomic E-state index is 0.657. The van der Waals surface area contributed by atoms with E-state index in [1.165, 1.54) is 64.2 Å². The van der Waals surface area contributed by atoms with E-state index in [9.17, 15) is 0 Å². The Labute approximate surface area is 108 Å². The third kappa shape index (κ3) is 3.98. The number of rotatable bonds is 5. The van der Waals surface area contributed by atoms with Crippen molar-refractivity contribution in [3.05, 3.63) is 0 Å². The van der Waals surface area contributed by atoms with Crippen LogP contribution in [0.3, 0.4) is 0 Å². The predicted octanol–water partition coefficient (Wildman–Crippen LogP) is 4.52. The molecule has 1 nitrogen and oxygen atoms in total. The smallest absolute Gasteiger partial charge is 0.00723 e. The number of nitrogens with one attached hydrogen (secondary N) is 1. The molecule has 0 aliphatic heterocycles. The Balaban J connectivity index is 1.70. The van der Waals surface area contributed by atoms with Crippen molar-refractivity contribution >= 4 is 0 Å². The van der Waals surface area contributed by atoms with Crippen LogP contribution in [0.15, 0.2) is 0 Å². The van der Waals surface area contributed by atoms with Gasteiger partial charge in [-0.05, 0) is 50.0 Å². The SMILES string of the molecule is CCNC1CCC(C)(CCC2CCCCC2)C1. The minimum absolute atomic E-state index is 0.657. The Morgan fingerprint density at radius 3 is 2.59 bits per heavy atom. The van der Waals surface area contributed by atoms with Gasteiger partial charge in [0.05, 0.1) is 0 Å². The Hall–Kier alpha value is -0.0400. The maximum Gasteiger partial charge on any atom is 0.00723 e. The highest BCUT2D eigenvalue weighted by atomic mass is 14.9. The molecule has 0 aromatic heterocycles. The molecule has 1 heteroatoms. The molecule has 2 fully saturated rings. The first-order valence-electron chi connectivity index (χ1n) is 7.95. The van der Waals surface area contributed by atoms with Gasteiger partial charge in [-0.25, -0.2) is 0 Å². The molecule has 0 amide bonds. The first kappa shape index (κ1) is 13.4. The van der Waals surface area contributed by atoms with Crippen LogP contribution in [0.5, 0.6) is 0 Å². The molecule has 0 radical (unpaired) electrons. The van der Waals surface area contributed by atoms with Crippen LogP contribution in [0.4, 0.5) is 0 Å². The summed E-state index contributed by atoms with van der Waals surface area (Å²) in [6, 6.07) is 0.816. The van der Waals surface area contributed by atoms with Crippen molar-refractivity contribution < 1.29 is 0 Å². The van der Waals surface area contributed by atoms with Crippen molar-refractivity contribution in [1.82, 2.24) is 5.32 Å². The molecule has 2 aliphatic rings. The van der Waals surface area contributed by atoms with Crippen molar-refractivity contribution in [1.29, 1.82) is 0 Å². The second kappa shape index (κ2) is 6.22. The monoisotopic (exact) mass is 237 g/mol. The summed E-state index contributed by atoms with van der Waals surface area (Å²) in [6.07, 6.45) is 14.8. The third-order valence-corrected chi connectivity index (χ3v) is 5.21. The van der Waals surface area contributed by atoms with E-state index >= 15 is 0 Å². The second-order valence-electron chi connectivity index (χ2n) is 6.85. The number of hydrogen-bond acceptors (Lipinski definition) is 1. The quantitative estimate of drug-likeness (QED) is 0.741. The van der Waals surface area contributed by atoms with Crippen molar-refractivity contribution in [3.8, 4) is 0 Å². The molecular weight excluding hydrogens is 206 g/mol. The molecule has 2 rings (SSSR count). The lowest BCUT2D eigenvalue weighted by molar-refractivity contribution is 0.239. The molecule has 17 heavy (non-hydrogen) atoms. The molecule has 2 saturated carbocycles. The maximum absolute atomic E-state index is 3.64. The summed E-state index contributed by atoms with van der Waals surface area (Å²) in [5.41, 5.74) is 0.657. The molecule has 0 spiro atoms. The van der Waals surface area contributed by atoms with E-state index < -0.39 is 0 Å². The Morgan fingerprint density at radius 1 is 1.12 bits per heavy atom. The zero-order chi connectivity index (χ0) is 12.1. The van der Waals surface area contributed by atoms with E-state index in [2.05, 4.69) is 19.2 Å². The molecule has 2 aliphatic carbocycles. The summed E-state index contributed by atoms with van der Waals surface area (Å²) in [5.74, 6) is 1.07. The Bertz CT molecular complexity index is 220. The molecule has 1 N–H and O–H groups in total. The fraction of sp³-hybridized carbons (Fsp3) is 1.00. The molecule has 0 aromatic carbocycles. The molecule has 0 bridgehead atoms. The van der Waals surface area contributed by atoms with E-state index in [0.717, 1.165) is 18.5 Å². The Kier molecular flexibility index (Phi) is 4.90. The van der Waals surface area contributed by atoms with Crippen LogP contribution in [0.1, 0.15) is 78.1 Å². The number of hydrogen-bond donors (Lipinski definition) is 1. The van der Waals surface area contributed by atoms with Crippen LogP contribution in [-0.2, 0) is 0 Å². The molecule has 2 atom stereocenters. The summed E-state index contributed by atoms with van der Waals surface area (Å²) < 4.78 is 0. The summed E-state index contributed by atoms with van der Waals surface area (Å²) in [7, 11) is 0. The first-order chi connectivity index (χ1) is 8.22. The fourth-order valence-corrected chi connectivity index (χ4v) is 4.04. The lowest BCUT2D eigenvalue weighted by atomic mass is 9.78. The highest BCUT2D eigenvalue weighted by Gasteiger charge is 2.34. The predicted molar refractivity (Wildman–Crippen MR) is 75.2 cm³/mol. The summed E-state index contributed by atoms with van der Waals surface area (Å²) in [6.45, 7) is 5.91. The molecule has 2 unspecified atom stereocenters. The second-order valence-corrected chi connectivity index (χ2v) is 6.85. The van der Waals surface area contributed by atoms with Crippen molar-refractivity contribution in [2.24, 2.45) is 11.3 Å². The van der Waals surface area contributed by atoms with Gasteiger partial charge in [-0.1, -0.05) is 46.0 Å². The normalized spacial score (nSPS) is 35.3. The van der Waals surface area contributed by atoms with Crippen LogP contribution >= 0.6 is 0 Å². The highest BCUT2D eigenvalue weighted by molar-refractivity contribution is 4.89. The van der Waals surface area contributed by atoms with Crippen molar-refractivity contribution in [2.45, 2.75) is 84.1 Å². The lowest BCUT2D eigenvalue weighted by Crippen LogP contribution is -2.27. The summed E-state index contributed by atoms with van der Waals surface area (Å²) in [5, 5.41) is 3.64. The van der Waals surface area contributed by atoms with Crippen LogP contribution in [0.2, 0.25) is 0 Å². The van der Waals surface area contributed by atoms with Crippen molar-refractivity contribution in [3.63, 3.8) is 0 Å². The van der Waals surface area contributed by atoms with Gasteiger partial charge in [-0.2, -0.15) is 0 Å². The van der Waals surface area contributed by atoms with E-state index in [0.29, 0.717) is 5.41 Å². The summed E-state index contributed by atoms with van der Waals surface area (Å²) >= 11 is 0. The van der Waals surface area contributed by atoms with Gasteiger partial charge < -0.3 is 5.32 Å². The van der Waals surface area contributed by atoms with Gasteiger partial charge in [-0.3, -0.25) is 0 Å². The van der Waals surface area contributed by atoms with Gasteiger partial charge in [0, 0.05) is 6.04 Å². The largest absolute Gasteiger partial charge is 0.314 e. The first-order valence-corrected chi connectivity index (χ1v) is 7.95. The van der Waals surface area contributed by atoms with E-state index in [1.807, 2.05) is 0 Å². The third-order valence-electron chi connectivity index (χ3n) is 5.21. The lowest BCUT2D eigenvalue weighted by Gasteiger charge is -2.28. The Morgan fingerprint density at radius 2 is 1.88 bits per heavy atom.